The molecule has 6 heteroatoms. The fraction of sp³-hybridized carbons (Fsp3) is 0.385. The van der Waals surface area contributed by atoms with Crippen LogP contribution in [0.2, 0.25) is 0 Å². The predicted octanol–water partition coefficient (Wildman–Crippen LogP) is 2.30. The third-order valence-electron chi connectivity index (χ3n) is 1.95. The zero-order chi connectivity index (χ0) is 14.5. The van der Waals surface area contributed by atoms with E-state index in [1.807, 2.05) is 0 Å². The van der Waals surface area contributed by atoms with Crippen molar-refractivity contribution in [2.75, 3.05) is 0 Å². The van der Waals surface area contributed by atoms with Gasteiger partial charge in [-0.3, -0.25) is 10.3 Å². The topological polar surface area (TPSA) is 88.0 Å². The van der Waals surface area contributed by atoms with Gasteiger partial charge in [0.1, 0.15) is 5.60 Å². The molecule has 0 radical (unpaired) electrons. The fourth-order valence-electron chi connectivity index (χ4n) is 1.24. The SMILES string of the molecule is Cc1cncc(/C(C=N)=C/NC(=O)OC(C)(C)C)n1. The Hall–Kier alpha value is -2.24. The first-order chi connectivity index (χ1) is 8.81. The molecule has 1 amide bonds. The van der Waals surface area contributed by atoms with Crippen LogP contribution < -0.4 is 5.32 Å². The number of allylic oxidation sites excluding steroid dienone is 1. The maximum atomic E-state index is 11.5. The van der Waals surface area contributed by atoms with Crippen LogP contribution in [0.5, 0.6) is 0 Å². The molecule has 0 aliphatic heterocycles. The Balaban J connectivity index is 2.78. The number of alkyl carbamates (subject to hydrolysis) is 1. The van der Waals surface area contributed by atoms with Crippen molar-refractivity contribution in [1.29, 1.82) is 5.41 Å². The summed E-state index contributed by atoms with van der Waals surface area (Å²) in [6.45, 7) is 7.14. The largest absolute Gasteiger partial charge is 0.444 e. The Bertz CT molecular complexity index is 504. The smallest absolute Gasteiger partial charge is 0.411 e. The molecule has 1 aromatic rings. The first-order valence-corrected chi connectivity index (χ1v) is 5.81. The van der Waals surface area contributed by atoms with Crippen molar-refractivity contribution in [2.24, 2.45) is 0 Å². The van der Waals surface area contributed by atoms with Crippen LogP contribution >= 0.6 is 0 Å². The second-order valence-electron chi connectivity index (χ2n) is 4.94. The highest BCUT2D eigenvalue weighted by molar-refractivity contribution is 6.07. The second-order valence-corrected chi connectivity index (χ2v) is 4.94. The minimum atomic E-state index is -0.576. The first kappa shape index (κ1) is 14.8. The number of hydrogen-bond donors (Lipinski definition) is 2. The van der Waals surface area contributed by atoms with Crippen LogP contribution in [0.15, 0.2) is 18.6 Å². The molecule has 0 bridgehead atoms. The summed E-state index contributed by atoms with van der Waals surface area (Å²) >= 11 is 0. The number of carbonyl (C=O) groups is 1. The number of ether oxygens (including phenoxy) is 1. The average Bonchev–Trinajstić information content (AvgIpc) is 2.27. The van der Waals surface area contributed by atoms with Crippen LogP contribution in [0.25, 0.3) is 5.57 Å². The number of aryl methyl sites for hydroxylation is 1. The van der Waals surface area contributed by atoms with E-state index in [-0.39, 0.29) is 0 Å². The highest BCUT2D eigenvalue weighted by Crippen LogP contribution is 2.09. The molecule has 0 saturated heterocycles. The lowest BCUT2D eigenvalue weighted by Gasteiger charge is -2.18. The molecule has 1 heterocycles. The van der Waals surface area contributed by atoms with Crippen molar-refractivity contribution < 1.29 is 9.53 Å². The highest BCUT2D eigenvalue weighted by Gasteiger charge is 2.15. The van der Waals surface area contributed by atoms with E-state index in [0.717, 1.165) is 11.9 Å². The second kappa shape index (κ2) is 6.08. The van der Waals surface area contributed by atoms with Crippen molar-refractivity contribution in [3.63, 3.8) is 0 Å². The van der Waals surface area contributed by atoms with Gasteiger partial charge in [0, 0.05) is 24.2 Å². The van der Waals surface area contributed by atoms with Crippen LogP contribution in [-0.2, 0) is 4.74 Å². The summed E-state index contributed by atoms with van der Waals surface area (Å²) in [4.78, 5) is 19.7. The molecule has 0 spiro atoms. The minimum absolute atomic E-state index is 0.446. The summed E-state index contributed by atoms with van der Waals surface area (Å²) < 4.78 is 5.09. The Morgan fingerprint density at radius 1 is 1.42 bits per heavy atom. The first-order valence-electron chi connectivity index (χ1n) is 5.81. The fourth-order valence-corrected chi connectivity index (χ4v) is 1.24. The van der Waals surface area contributed by atoms with Crippen LogP contribution in [0, 0.1) is 12.3 Å². The van der Waals surface area contributed by atoms with E-state index >= 15 is 0 Å². The number of rotatable bonds is 3. The van der Waals surface area contributed by atoms with Crippen molar-refractivity contribution >= 4 is 17.9 Å². The van der Waals surface area contributed by atoms with Crippen molar-refractivity contribution in [3.05, 3.63) is 30.0 Å². The van der Waals surface area contributed by atoms with E-state index in [2.05, 4.69) is 15.3 Å². The van der Waals surface area contributed by atoms with Gasteiger partial charge in [0.2, 0.25) is 0 Å². The molecular weight excluding hydrogens is 244 g/mol. The highest BCUT2D eigenvalue weighted by atomic mass is 16.6. The molecule has 19 heavy (non-hydrogen) atoms. The maximum Gasteiger partial charge on any atom is 0.411 e. The number of aromatic nitrogens is 2. The number of amides is 1. The molecule has 0 aromatic carbocycles. The summed E-state index contributed by atoms with van der Waals surface area (Å²) in [5.74, 6) is 0. The third kappa shape index (κ3) is 5.29. The van der Waals surface area contributed by atoms with Gasteiger partial charge in [-0.15, -0.1) is 0 Å². The van der Waals surface area contributed by atoms with E-state index in [9.17, 15) is 4.79 Å². The quantitative estimate of drug-likeness (QED) is 0.818. The molecule has 0 aliphatic carbocycles. The summed E-state index contributed by atoms with van der Waals surface area (Å²) in [5, 5.41) is 9.80. The number of nitrogens with zero attached hydrogens (tertiary/aromatic N) is 2. The molecule has 2 N–H and O–H groups in total. The third-order valence-corrected chi connectivity index (χ3v) is 1.95. The molecule has 0 saturated carbocycles. The van der Waals surface area contributed by atoms with Gasteiger partial charge in [-0.1, -0.05) is 0 Å². The predicted molar refractivity (Wildman–Crippen MR) is 72.9 cm³/mol. The Morgan fingerprint density at radius 3 is 2.63 bits per heavy atom. The van der Waals surface area contributed by atoms with Gasteiger partial charge < -0.3 is 10.1 Å². The average molecular weight is 262 g/mol. The van der Waals surface area contributed by atoms with E-state index < -0.39 is 11.7 Å². The molecule has 0 atom stereocenters. The van der Waals surface area contributed by atoms with Crippen LogP contribution in [0.1, 0.15) is 32.2 Å². The molecule has 0 unspecified atom stereocenters. The van der Waals surface area contributed by atoms with Crippen LogP contribution in [-0.4, -0.2) is 27.9 Å². The van der Waals surface area contributed by atoms with Gasteiger partial charge in [0.15, 0.2) is 0 Å². The van der Waals surface area contributed by atoms with E-state index in [1.165, 1.54) is 12.4 Å². The lowest BCUT2D eigenvalue weighted by Crippen LogP contribution is -2.29. The zero-order valence-electron chi connectivity index (χ0n) is 11.5. The van der Waals surface area contributed by atoms with Crippen LogP contribution in [0.3, 0.4) is 0 Å². The lowest BCUT2D eigenvalue weighted by atomic mass is 10.2. The van der Waals surface area contributed by atoms with Gasteiger partial charge in [-0.25, -0.2) is 9.78 Å². The number of nitrogens with one attached hydrogen (secondary N) is 2. The van der Waals surface area contributed by atoms with Crippen LogP contribution in [0.4, 0.5) is 4.79 Å². The van der Waals surface area contributed by atoms with Crippen molar-refractivity contribution in [1.82, 2.24) is 15.3 Å². The molecule has 6 nitrogen and oxygen atoms in total. The number of hydrogen-bond acceptors (Lipinski definition) is 5. The van der Waals surface area contributed by atoms with Gasteiger partial charge in [-0.05, 0) is 27.7 Å². The molecule has 0 fully saturated rings. The standard InChI is InChI=1S/C13H18N4O2/c1-9-6-15-8-11(17-9)10(5-14)7-16-12(18)19-13(2,3)4/h5-8,14H,1-4H3,(H,16,18)/b10-7+,14-5?. The number of carbonyl (C=O) groups excluding carboxylic acids is 1. The maximum absolute atomic E-state index is 11.5. The Kier molecular flexibility index (Phi) is 4.74. The molecule has 0 aliphatic rings. The van der Waals surface area contributed by atoms with Crippen molar-refractivity contribution in [3.8, 4) is 0 Å². The summed E-state index contributed by atoms with van der Waals surface area (Å²) in [5.41, 5.74) is 1.14. The molecule has 102 valence electrons. The molecule has 1 aromatic heterocycles. The van der Waals surface area contributed by atoms with Crippen molar-refractivity contribution in [2.45, 2.75) is 33.3 Å². The van der Waals surface area contributed by atoms with Gasteiger partial charge in [0.25, 0.3) is 0 Å². The van der Waals surface area contributed by atoms with Gasteiger partial charge in [0.05, 0.1) is 17.6 Å². The molecule has 1 rings (SSSR count). The zero-order valence-corrected chi connectivity index (χ0v) is 11.5. The Morgan fingerprint density at radius 2 is 2.11 bits per heavy atom. The monoisotopic (exact) mass is 262 g/mol. The van der Waals surface area contributed by atoms with E-state index in [0.29, 0.717) is 11.3 Å². The normalized spacial score (nSPS) is 11.9. The van der Waals surface area contributed by atoms with Gasteiger partial charge in [-0.2, -0.15) is 0 Å². The van der Waals surface area contributed by atoms with Gasteiger partial charge >= 0.3 is 6.09 Å². The minimum Gasteiger partial charge on any atom is -0.444 e. The van der Waals surface area contributed by atoms with E-state index in [4.69, 9.17) is 10.1 Å². The summed E-state index contributed by atoms with van der Waals surface area (Å²) in [6, 6.07) is 0. The van der Waals surface area contributed by atoms with E-state index in [1.54, 1.807) is 33.9 Å². The molecular formula is C13H18N4O2. The Labute approximate surface area is 112 Å². The summed E-state index contributed by atoms with van der Waals surface area (Å²) in [6.07, 6.45) is 5.05. The lowest BCUT2D eigenvalue weighted by molar-refractivity contribution is 0.0552. The summed E-state index contributed by atoms with van der Waals surface area (Å²) in [7, 11) is 0.